The Bertz CT molecular complexity index is 804. The van der Waals surface area contributed by atoms with Gasteiger partial charge in [-0.2, -0.15) is 0 Å². The fourth-order valence-electron chi connectivity index (χ4n) is 2.34. The third kappa shape index (κ3) is 5.57. The molecule has 0 atom stereocenters. The van der Waals surface area contributed by atoms with Crippen LogP contribution in [-0.2, 0) is 9.59 Å². The highest BCUT2D eigenvalue weighted by Crippen LogP contribution is 2.28. The number of amides is 2. The van der Waals surface area contributed by atoms with Gasteiger partial charge in [0.15, 0.2) is 6.61 Å². The molecule has 26 heavy (non-hydrogen) atoms. The quantitative estimate of drug-likeness (QED) is 0.666. The lowest BCUT2D eigenvalue weighted by atomic mass is 10.1. The van der Waals surface area contributed by atoms with Crippen molar-refractivity contribution in [1.82, 2.24) is 4.90 Å². The lowest BCUT2D eigenvalue weighted by Gasteiger charge is -2.18. The molecule has 0 spiro atoms. The third-order valence-electron chi connectivity index (χ3n) is 3.80. The Hall–Kier alpha value is -1.86. The average molecular weight is 484 g/mol. The van der Waals surface area contributed by atoms with Gasteiger partial charge < -0.3 is 15.0 Å². The van der Waals surface area contributed by atoms with Crippen LogP contribution in [0.3, 0.4) is 0 Å². The predicted octanol–water partition coefficient (Wildman–Crippen LogP) is 4.30. The fourth-order valence-corrected chi connectivity index (χ4v) is 3.50. The van der Waals surface area contributed by atoms with Gasteiger partial charge >= 0.3 is 0 Å². The molecule has 1 N–H and O–H groups in total. The van der Waals surface area contributed by atoms with Gasteiger partial charge in [0.05, 0.1) is 11.0 Å². The zero-order valence-electron chi connectivity index (χ0n) is 14.8. The molecule has 0 aliphatic carbocycles. The molecule has 0 aliphatic rings. The van der Waals surface area contributed by atoms with E-state index < -0.39 is 0 Å². The van der Waals surface area contributed by atoms with Crippen molar-refractivity contribution < 1.29 is 14.3 Å². The first kappa shape index (κ1) is 20.5. The minimum Gasteiger partial charge on any atom is -0.483 e. The summed E-state index contributed by atoms with van der Waals surface area (Å²) in [4.78, 5) is 25.8. The molecule has 0 aromatic heterocycles. The predicted molar refractivity (Wildman–Crippen MR) is 110 cm³/mol. The van der Waals surface area contributed by atoms with Gasteiger partial charge in [0, 0.05) is 17.2 Å². The van der Waals surface area contributed by atoms with Crippen molar-refractivity contribution >= 4 is 49.4 Å². The van der Waals surface area contributed by atoms with Gasteiger partial charge in [-0.3, -0.25) is 9.59 Å². The van der Waals surface area contributed by atoms with E-state index in [0.29, 0.717) is 5.75 Å². The van der Waals surface area contributed by atoms with Gasteiger partial charge in [0.2, 0.25) is 5.91 Å². The highest BCUT2D eigenvalue weighted by atomic mass is 79.9. The number of hydrogen-bond acceptors (Lipinski definition) is 3. The van der Waals surface area contributed by atoms with Crippen LogP contribution in [0.1, 0.15) is 11.1 Å². The molecule has 2 amide bonds. The molecule has 2 rings (SSSR count). The molecule has 0 radical (unpaired) electrons. The van der Waals surface area contributed by atoms with Gasteiger partial charge in [-0.05, 0) is 59.1 Å². The van der Waals surface area contributed by atoms with E-state index in [-0.39, 0.29) is 25.0 Å². The summed E-state index contributed by atoms with van der Waals surface area (Å²) in [6.07, 6.45) is 0. The Morgan fingerprint density at radius 2 is 1.77 bits per heavy atom. The minimum absolute atomic E-state index is 0.0442. The molecule has 5 nitrogen and oxygen atoms in total. The van der Waals surface area contributed by atoms with Crippen molar-refractivity contribution in [2.75, 3.05) is 25.5 Å². The van der Waals surface area contributed by atoms with Crippen molar-refractivity contribution in [3.63, 3.8) is 0 Å². The molecule has 0 unspecified atom stereocenters. The van der Waals surface area contributed by atoms with E-state index in [0.717, 1.165) is 25.8 Å². The second-order valence-electron chi connectivity index (χ2n) is 5.93. The number of ether oxygens (including phenoxy) is 1. The van der Waals surface area contributed by atoms with Crippen molar-refractivity contribution in [2.45, 2.75) is 13.8 Å². The standard InChI is InChI=1S/C19H20Br2N2O3/c1-12-5-4-6-13(2)19(12)22-17(24)10-23(3)18(25)11-26-16-8-7-14(20)9-15(16)21/h4-9H,10-11H2,1-3H3,(H,22,24). The maximum absolute atomic E-state index is 12.2. The number of hydrogen-bond donors (Lipinski definition) is 1. The monoisotopic (exact) mass is 482 g/mol. The zero-order valence-corrected chi connectivity index (χ0v) is 18.0. The number of anilines is 1. The molecule has 0 fully saturated rings. The van der Waals surface area contributed by atoms with Crippen LogP contribution >= 0.6 is 31.9 Å². The number of rotatable bonds is 6. The molecule has 138 valence electrons. The maximum atomic E-state index is 12.2. The van der Waals surface area contributed by atoms with Crippen LogP contribution in [0.2, 0.25) is 0 Å². The Morgan fingerprint density at radius 3 is 2.38 bits per heavy atom. The summed E-state index contributed by atoms with van der Waals surface area (Å²) in [5.41, 5.74) is 2.75. The summed E-state index contributed by atoms with van der Waals surface area (Å²) >= 11 is 6.74. The van der Waals surface area contributed by atoms with Crippen LogP contribution in [0.4, 0.5) is 5.69 Å². The number of aryl methyl sites for hydroxylation is 2. The van der Waals surface area contributed by atoms with Crippen LogP contribution in [0.25, 0.3) is 0 Å². The molecular formula is C19H20Br2N2O3. The van der Waals surface area contributed by atoms with E-state index in [1.54, 1.807) is 13.1 Å². The number of para-hydroxylation sites is 1. The fraction of sp³-hybridized carbons (Fsp3) is 0.263. The maximum Gasteiger partial charge on any atom is 0.260 e. The number of carbonyl (C=O) groups excluding carboxylic acids is 2. The normalized spacial score (nSPS) is 10.3. The lowest BCUT2D eigenvalue weighted by Crippen LogP contribution is -2.37. The summed E-state index contributed by atoms with van der Waals surface area (Å²) in [5, 5.41) is 2.87. The number of nitrogens with zero attached hydrogens (tertiary/aromatic N) is 1. The van der Waals surface area contributed by atoms with Gasteiger partial charge in [-0.1, -0.05) is 34.1 Å². The molecule has 2 aromatic carbocycles. The molecular weight excluding hydrogens is 464 g/mol. The number of halogens is 2. The Morgan fingerprint density at radius 1 is 1.12 bits per heavy atom. The number of carbonyl (C=O) groups is 2. The molecule has 0 bridgehead atoms. The largest absolute Gasteiger partial charge is 0.483 e. The van der Waals surface area contributed by atoms with Gasteiger partial charge in [0.25, 0.3) is 5.91 Å². The van der Waals surface area contributed by atoms with Crippen molar-refractivity contribution in [2.24, 2.45) is 0 Å². The summed E-state index contributed by atoms with van der Waals surface area (Å²) in [7, 11) is 1.58. The van der Waals surface area contributed by atoms with Crippen molar-refractivity contribution in [3.8, 4) is 5.75 Å². The Balaban J connectivity index is 1.89. The first-order valence-corrected chi connectivity index (χ1v) is 9.54. The van der Waals surface area contributed by atoms with Crippen LogP contribution in [0, 0.1) is 13.8 Å². The van der Waals surface area contributed by atoms with E-state index in [4.69, 9.17) is 4.74 Å². The van der Waals surface area contributed by atoms with E-state index in [1.165, 1.54) is 4.90 Å². The molecule has 0 saturated carbocycles. The van der Waals surface area contributed by atoms with Crippen molar-refractivity contribution in [1.29, 1.82) is 0 Å². The highest BCUT2D eigenvalue weighted by molar-refractivity contribution is 9.11. The average Bonchev–Trinajstić information content (AvgIpc) is 2.57. The first-order chi connectivity index (χ1) is 12.3. The first-order valence-electron chi connectivity index (χ1n) is 7.96. The van der Waals surface area contributed by atoms with E-state index in [2.05, 4.69) is 37.2 Å². The van der Waals surface area contributed by atoms with Crippen molar-refractivity contribution in [3.05, 3.63) is 56.5 Å². The zero-order chi connectivity index (χ0) is 19.3. The van der Waals surface area contributed by atoms with Crippen LogP contribution in [0.15, 0.2) is 45.3 Å². The molecule has 2 aromatic rings. The lowest BCUT2D eigenvalue weighted by molar-refractivity contribution is -0.135. The van der Waals surface area contributed by atoms with Crippen LogP contribution < -0.4 is 10.1 Å². The number of benzene rings is 2. The van der Waals surface area contributed by atoms with E-state index in [9.17, 15) is 9.59 Å². The number of nitrogens with one attached hydrogen (secondary N) is 1. The highest BCUT2D eigenvalue weighted by Gasteiger charge is 2.15. The van der Waals surface area contributed by atoms with E-state index in [1.807, 2.05) is 44.2 Å². The van der Waals surface area contributed by atoms with Crippen LogP contribution in [-0.4, -0.2) is 36.9 Å². The molecule has 0 aliphatic heterocycles. The summed E-state index contributed by atoms with van der Waals surface area (Å²) in [5.74, 6) is 0.0366. The summed E-state index contributed by atoms with van der Waals surface area (Å²) in [6, 6.07) is 11.2. The molecule has 0 saturated heterocycles. The second kappa shape index (κ2) is 9.19. The molecule has 7 heteroatoms. The van der Waals surface area contributed by atoms with E-state index >= 15 is 0 Å². The SMILES string of the molecule is Cc1cccc(C)c1NC(=O)CN(C)C(=O)COc1ccc(Br)cc1Br. The van der Waals surface area contributed by atoms with Gasteiger partial charge in [0.1, 0.15) is 5.75 Å². The second-order valence-corrected chi connectivity index (χ2v) is 7.70. The topological polar surface area (TPSA) is 58.6 Å². The van der Waals surface area contributed by atoms with Gasteiger partial charge in [-0.25, -0.2) is 0 Å². The molecule has 0 heterocycles. The Kier molecular flexibility index (Phi) is 7.23. The van der Waals surface area contributed by atoms with Gasteiger partial charge in [-0.15, -0.1) is 0 Å². The minimum atomic E-state index is -0.281. The van der Waals surface area contributed by atoms with Crippen LogP contribution in [0.5, 0.6) is 5.75 Å². The third-order valence-corrected chi connectivity index (χ3v) is 4.91. The summed E-state index contributed by atoms with van der Waals surface area (Å²) < 4.78 is 7.17. The summed E-state index contributed by atoms with van der Waals surface area (Å²) in [6.45, 7) is 3.67. The number of likely N-dealkylation sites (N-methyl/N-ethyl adjacent to an activating group) is 1. The Labute approximate surface area is 170 Å². The smallest absolute Gasteiger partial charge is 0.260 e.